The molecule has 2 aliphatic heterocycles. The summed E-state index contributed by atoms with van der Waals surface area (Å²) in [5.74, 6) is 1.12. The van der Waals surface area contributed by atoms with E-state index in [1.165, 1.54) is 32.2 Å². The van der Waals surface area contributed by atoms with Crippen LogP contribution in [0.4, 0.5) is 0 Å². The van der Waals surface area contributed by atoms with Gasteiger partial charge in [-0.05, 0) is 70.4 Å². The predicted molar refractivity (Wildman–Crippen MR) is 124 cm³/mol. The highest BCUT2D eigenvalue weighted by molar-refractivity contribution is 5.85. The van der Waals surface area contributed by atoms with E-state index in [1.54, 1.807) is 0 Å². The number of hydrogen-bond donors (Lipinski definition) is 1. The van der Waals surface area contributed by atoms with Crippen LogP contribution < -0.4 is 5.73 Å². The van der Waals surface area contributed by atoms with Gasteiger partial charge < -0.3 is 15.4 Å². The fourth-order valence-corrected chi connectivity index (χ4v) is 5.49. The molecule has 172 valence electrons. The largest absolute Gasteiger partial charge is 0.373 e. The summed E-state index contributed by atoms with van der Waals surface area (Å²) in [4.78, 5) is 17.5. The lowest BCUT2D eigenvalue weighted by Gasteiger charge is -2.39. The van der Waals surface area contributed by atoms with E-state index in [0.29, 0.717) is 31.1 Å². The van der Waals surface area contributed by atoms with Crippen LogP contribution in [0.25, 0.3) is 0 Å². The Morgan fingerprint density at radius 3 is 2.17 bits per heavy atom. The van der Waals surface area contributed by atoms with Crippen molar-refractivity contribution in [3.05, 3.63) is 0 Å². The van der Waals surface area contributed by atoms with Gasteiger partial charge in [-0.15, -0.1) is 24.8 Å². The molecule has 0 bridgehead atoms. The number of ether oxygens (including phenoxy) is 1. The molecule has 2 saturated heterocycles. The molecule has 3 rings (SSSR count). The van der Waals surface area contributed by atoms with E-state index >= 15 is 0 Å². The summed E-state index contributed by atoms with van der Waals surface area (Å²) < 4.78 is 5.83. The van der Waals surface area contributed by atoms with Gasteiger partial charge in [-0.1, -0.05) is 19.3 Å². The van der Waals surface area contributed by atoms with Crippen LogP contribution in [0.3, 0.4) is 0 Å². The quantitative estimate of drug-likeness (QED) is 0.665. The number of rotatable bonds is 6. The van der Waals surface area contributed by atoms with Crippen molar-refractivity contribution < 1.29 is 9.53 Å². The summed E-state index contributed by atoms with van der Waals surface area (Å²) in [6, 6.07) is 0. The topological polar surface area (TPSA) is 58.8 Å². The van der Waals surface area contributed by atoms with Gasteiger partial charge in [0.1, 0.15) is 0 Å². The minimum absolute atomic E-state index is 0. The fraction of sp³-hybridized carbons (Fsp3) is 0.955. The third-order valence-corrected chi connectivity index (χ3v) is 7.19. The number of nitrogens with zero attached hydrogens (tertiary/aromatic N) is 2. The molecule has 3 aliphatic rings. The first-order valence-electron chi connectivity index (χ1n) is 11.4. The number of hydrogen-bond acceptors (Lipinski definition) is 4. The van der Waals surface area contributed by atoms with Crippen molar-refractivity contribution in [2.75, 3.05) is 39.3 Å². The van der Waals surface area contributed by atoms with E-state index in [1.807, 2.05) is 0 Å². The highest BCUT2D eigenvalue weighted by atomic mass is 35.5. The lowest BCUT2D eigenvalue weighted by molar-refractivity contribution is -0.135. The van der Waals surface area contributed by atoms with Crippen molar-refractivity contribution in [1.82, 2.24) is 9.80 Å². The Kier molecular flexibility index (Phi) is 11.8. The summed E-state index contributed by atoms with van der Waals surface area (Å²) in [7, 11) is 0. The highest BCUT2D eigenvalue weighted by Gasteiger charge is 2.35. The van der Waals surface area contributed by atoms with Crippen molar-refractivity contribution in [3.8, 4) is 0 Å². The molecule has 1 amide bonds. The lowest BCUT2D eigenvalue weighted by Crippen LogP contribution is -2.46. The molecular formula is C22H43Cl2N3O2. The second-order valence-corrected chi connectivity index (χ2v) is 9.57. The number of morpholine rings is 1. The lowest BCUT2D eigenvalue weighted by atomic mass is 9.71. The molecule has 0 radical (unpaired) electrons. The zero-order chi connectivity index (χ0) is 19.3. The molecule has 29 heavy (non-hydrogen) atoms. The Balaban J connectivity index is 0.00000210. The number of carbonyl (C=O) groups is 1. The average Bonchev–Trinajstić information content (AvgIpc) is 2.67. The summed E-state index contributed by atoms with van der Waals surface area (Å²) in [6.45, 7) is 10.2. The van der Waals surface area contributed by atoms with Crippen LogP contribution in [0.2, 0.25) is 0 Å². The third kappa shape index (κ3) is 7.84. The SMILES string of the molecule is CC1CN(CCC2CCN(C(=O)CC3(CN)CCCCC3)CC2)CC(C)O1.Cl.Cl. The van der Waals surface area contributed by atoms with Crippen LogP contribution in [0.1, 0.15) is 71.6 Å². The van der Waals surface area contributed by atoms with Crippen molar-refractivity contribution in [2.24, 2.45) is 17.1 Å². The molecule has 0 aromatic rings. The normalized spacial score (nSPS) is 28.3. The van der Waals surface area contributed by atoms with Gasteiger partial charge in [-0.3, -0.25) is 9.69 Å². The molecule has 1 aliphatic carbocycles. The molecule has 2 unspecified atom stereocenters. The van der Waals surface area contributed by atoms with Gasteiger partial charge in [-0.2, -0.15) is 0 Å². The zero-order valence-electron chi connectivity index (χ0n) is 18.4. The average molecular weight is 453 g/mol. The minimum Gasteiger partial charge on any atom is -0.373 e. The molecule has 3 fully saturated rings. The van der Waals surface area contributed by atoms with Crippen molar-refractivity contribution in [2.45, 2.75) is 83.8 Å². The summed E-state index contributed by atoms with van der Waals surface area (Å²) in [5.41, 5.74) is 6.18. The van der Waals surface area contributed by atoms with Crippen LogP contribution in [0, 0.1) is 11.3 Å². The van der Waals surface area contributed by atoms with Crippen molar-refractivity contribution >= 4 is 30.7 Å². The maximum Gasteiger partial charge on any atom is 0.223 e. The predicted octanol–water partition coefficient (Wildman–Crippen LogP) is 3.87. The first-order valence-corrected chi connectivity index (χ1v) is 11.4. The van der Waals surface area contributed by atoms with Crippen LogP contribution >= 0.6 is 24.8 Å². The van der Waals surface area contributed by atoms with Crippen LogP contribution in [-0.4, -0.2) is 67.2 Å². The van der Waals surface area contributed by atoms with Gasteiger partial charge in [0.25, 0.3) is 0 Å². The number of carbonyl (C=O) groups excluding carboxylic acids is 1. The van der Waals surface area contributed by atoms with Crippen LogP contribution in [0.5, 0.6) is 0 Å². The molecule has 0 spiro atoms. The number of amides is 1. The second-order valence-electron chi connectivity index (χ2n) is 9.57. The molecule has 0 aromatic heterocycles. The van der Waals surface area contributed by atoms with Gasteiger partial charge in [0.15, 0.2) is 0 Å². The highest BCUT2D eigenvalue weighted by Crippen LogP contribution is 2.39. The molecule has 1 saturated carbocycles. The molecule has 2 heterocycles. The van der Waals surface area contributed by atoms with Gasteiger partial charge in [0.05, 0.1) is 12.2 Å². The first-order chi connectivity index (χ1) is 13.0. The van der Waals surface area contributed by atoms with Crippen LogP contribution in [0.15, 0.2) is 0 Å². The van der Waals surface area contributed by atoms with E-state index < -0.39 is 0 Å². The Morgan fingerprint density at radius 1 is 1.03 bits per heavy atom. The number of nitrogens with two attached hydrogens (primary N) is 1. The Bertz CT molecular complexity index is 471. The maximum atomic E-state index is 12.9. The van der Waals surface area contributed by atoms with E-state index in [0.717, 1.165) is 57.8 Å². The molecule has 5 nitrogen and oxygen atoms in total. The maximum absolute atomic E-state index is 12.9. The van der Waals surface area contributed by atoms with Crippen molar-refractivity contribution in [3.63, 3.8) is 0 Å². The first kappa shape index (κ1) is 27.0. The smallest absolute Gasteiger partial charge is 0.223 e. The number of halogens is 2. The monoisotopic (exact) mass is 451 g/mol. The van der Waals surface area contributed by atoms with Gasteiger partial charge in [-0.25, -0.2) is 0 Å². The summed E-state index contributed by atoms with van der Waals surface area (Å²) in [6.07, 6.45) is 11.0. The Labute approximate surface area is 190 Å². The second kappa shape index (κ2) is 12.7. The van der Waals surface area contributed by atoms with E-state index in [4.69, 9.17) is 10.5 Å². The zero-order valence-corrected chi connectivity index (χ0v) is 20.1. The Hall–Kier alpha value is -0.0700. The molecule has 7 heteroatoms. The third-order valence-electron chi connectivity index (χ3n) is 7.19. The van der Waals surface area contributed by atoms with Gasteiger partial charge >= 0.3 is 0 Å². The molecule has 2 N–H and O–H groups in total. The molecular weight excluding hydrogens is 409 g/mol. The van der Waals surface area contributed by atoms with Gasteiger partial charge in [0.2, 0.25) is 5.91 Å². The van der Waals surface area contributed by atoms with E-state index in [2.05, 4.69) is 23.6 Å². The Morgan fingerprint density at radius 2 is 1.62 bits per heavy atom. The summed E-state index contributed by atoms with van der Waals surface area (Å²) >= 11 is 0. The minimum atomic E-state index is 0. The van der Waals surface area contributed by atoms with Crippen LogP contribution in [-0.2, 0) is 9.53 Å². The standard InChI is InChI=1S/C22H41N3O2.2ClH/c1-18-15-24(16-19(2)27-18)11-6-20-7-12-25(13-8-20)21(26)14-22(17-23)9-4-3-5-10-22;;/h18-20H,3-17,23H2,1-2H3;2*1H. The molecule has 0 aromatic carbocycles. The van der Waals surface area contributed by atoms with E-state index in [-0.39, 0.29) is 30.2 Å². The fourth-order valence-electron chi connectivity index (χ4n) is 5.49. The van der Waals surface area contributed by atoms with Crippen molar-refractivity contribution in [1.29, 1.82) is 0 Å². The number of piperidine rings is 1. The summed E-state index contributed by atoms with van der Waals surface area (Å²) in [5, 5.41) is 0. The number of likely N-dealkylation sites (tertiary alicyclic amines) is 1. The van der Waals surface area contributed by atoms with E-state index in [9.17, 15) is 4.79 Å². The van der Waals surface area contributed by atoms with Gasteiger partial charge in [0, 0.05) is 32.6 Å². The molecule has 2 atom stereocenters.